The van der Waals surface area contributed by atoms with E-state index in [0.717, 1.165) is 44.8 Å². The Kier molecular flexibility index (Phi) is 2.87. The molecule has 2 aliphatic rings. The molecule has 0 aromatic carbocycles. The number of aromatic amines is 1. The molecule has 0 atom stereocenters. The zero-order chi connectivity index (χ0) is 16.8. The summed E-state index contributed by atoms with van der Waals surface area (Å²) in [5.74, 6) is 6.22. The quantitative estimate of drug-likeness (QED) is 0.425. The molecule has 8 bridgehead atoms. The first-order valence-corrected chi connectivity index (χ1v) is 8.05. The minimum atomic E-state index is 0.877. The highest BCUT2D eigenvalue weighted by molar-refractivity contribution is 5.77. The molecule has 0 unspecified atom stereocenters. The summed E-state index contributed by atoms with van der Waals surface area (Å²) in [4.78, 5) is 12.6. The van der Waals surface area contributed by atoms with E-state index >= 15 is 0 Å². The van der Waals surface area contributed by atoms with Crippen molar-refractivity contribution in [2.24, 2.45) is 0 Å². The van der Waals surface area contributed by atoms with Crippen molar-refractivity contribution in [1.29, 1.82) is 0 Å². The van der Waals surface area contributed by atoms with Gasteiger partial charge in [0.1, 0.15) is 0 Å². The molecule has 0 radical (unpaired) electrons. The molecule has 0 saturated carbocycles. The van der Waals surface area contributed by atoms with Gasteiger partial charge in [-0.05, 0) is 72.8 Å². The molecule has 5 heterocycles. The Hall–Kier alpha value is -3.60. The molecule has 0 fully saturated rings. The number of nitrogens with zero attached hydrogens (tertiary/aromatic N) is 3. The predicted molar refractivity (Wildman–Crippen MR) is 103 cm³/mol. The molecule has 2 aliphatic heterocycles. The van der Waals surface area contributed by atoms with Gasteiger partial charge in [0, 0.05) is 11.0 Å². The number of aromatic nitrogens is 4. The van der Waals surface area contributed by atoms with Gasteiger partial charge in [-0.2, -0.15) is 0 Å². The van der Waals surface area contributed by atoms with E-state index in [1.807, 2.05) is 72.8 Å². The second kappa shape index (κ2) is 5.21. The van der Waals surface area contributed by atoms with Gasteiger partial charge in [-0.25, -0.2) is 9.97 Å². The molecule has 3 N–H and O–H groups in total. The Morgan fingerprint density at radius 2 is 1.08 bits per heavy atom. The monoisotopic (exact) mass is 325 g/mol. The van der Waals surface area contributed by atoms with E-state index in [1.54, 1.807) is 4.68 Å². The molecule has 25 heavy (non-hydrogen) atoms. The van der Waals surface area contributed by atoms with Crippen LogP contribution >= 0.6 is 0 Å². The molecule has 5 nitrogen and oxygen atoms in total. The zero-order valence-corrected chi connectivity index (χ0v) is 13.3. The van der Waals surface area contributed by atoms with Crippen LogP contribution in [0.3, 0.4) is 0 Å². The second-order valence-corrected chi connectivity index (χ2v) is 6.09. The number of nitrogen functional groups attached to an aromatic ring is 1. The number of hydrogen-bond acceptors (Lipinski definition) is 3. The molecule has 0 aliphatic carbocycles. The van der Waals surface area contributed by atoms with Gasteiger partial charge in [0.25, 0.3) is 0 Å². The van der Waals surface area contributed by atoms with Crippen molar-refractivity contribution in [1.82, 2.24) is 19.6 Å². The normalized spacial score (nSPS) is 12.6. The van der Waals surface area contributed by atoms with Crippen LogP contribution in [0.15, 0.2) is 48.5 Å². The fraction of sp³-hybridized carbons (Fsp3) is 0. The molecule has 0 saturated heterocycles. The van der Waals surface area contributed by atoms with Crippen LogP contribution in [0.5, 0.6) is 0 Å². The van der Waals surface area contributed by atoms with Crippen molar-refractivity contribution in [3.63, 3.8) is 0 Å². The summed E-state index contributed by atoms with van der Waals surface area (Å²) in [7, 11) is 0. The van der Waals surface area contributed by atoms with Crippen LogP contribution in [0.2, 0.25) is 0 Å². The topological polar surface area (TPSA) is 72.5 Å². The molecule has 5 heteroatoms. The van der Waals surface area contributed by atoms with Gasteiger partial charge in [-0.15, -0.1) is 0 Å². The lowest BCUT2D eigenvalue weighted by atomic mass is 10.3. The van der Waals surface area contributed by atoms with Gasteiger partial charge < -0.3 is 10.8 Å². The number of rotatable bonds is 0. The number of H-pyrrole nitrogens is 1. The lowest BCUT2D eigenvalue weighted by Gasteiger charge is -1.95. The standard InChI is InChI=1S/C20H15N5/c21-25-19-7-8-20(25)12-18-6-4-16(24-18)10-14-2-1-13(22-14)9-15-3-5-17(11-19)23-15/h1-12,22H,21H2. The minimum absolute atomic E-state index is 0.877. The molecular formula is C20H15N5. The van der Waals surface area contributed by atoms with Gasteiger partial charge in [-0.1, -0.05) is 0 Å². The third kappa shape index (κ3) is 2.52. The van der Waals surface area contributed by atoms with Crippen molar-refractivity contribution >= 4 is 46.4 Å². The molecule has 5 rings (SSSR count). The maximum atomic E-state index is 6.22. The maximum Gasteiger partial charge on any atom is 0.0659 e. The first kappa shape index (κ1) is 13.8. The molecule has 3 aromatic rings. The number of nitrogens with one attached hydrogen (secondary N) is 1. The van der Waals surface area contributed by atoms with E-state index in [4.69, 9.17) is 5.84 Å². The minimum Gasteiger partial charge on any atom is -0.355 e. The fourth-order valence-corrected chi connectivity index (χ4v) is 3.05. The molecular weight excluding hydrogens is 310 g/mol. The summed E-state index contributed by atoms with van der Waals surface area (Å²) in [5.41, 5.74) is 7.36. The molecule has 0 spiro atoms. The smallest absolute Gasteiger partial charge is 0.0659 e. The van der Waals surface area contributed by atoms with Gasteiger partial charge in [0.05, 0.1) is 33.8 Å². The van der Waals surface area contributed by atoms with E-state index < -0.39 is 0 Å². The second-order valence-electron chi connectivity index (χ2n) is 6.09. The predicted octanol–water partition coefficient (Wildman–Crippen LogP) is 3.84. The Labute approximate surface area is 143 Å². The number of hydrogen-bond donors (Lipinski definition) is 2. The summed E-state index contributed by atoms with van der Waals surface area (Å²) in [6.07, 6.45) is 7.97. The lowest BCUT2D eigenvalue weighted by Crippen LogP contribution is -2.06. The van der Waals surface area contributed by atoms with Crippen molar-refractivity contribution in [3.05, 3.63) is 71.3 Å². The molecule has 120 valence electrons. The van der Waals surface area contributed by atoms with Gasteiger partial charge in [0.15, 0.2) is 0 Å². The first-order valence-electron chi connectivity index (χ1n) is 8.05. The summed E-state index contributed by atoms with van der Waals surface area (Å²) in [6.45, 7) is 0. The Morgan fingerprint density at radius 3 is 1.56 bits per heavy atom. The van der Waals surface area contributed by atoms with Crippen LogP contribution in [0.25, 0.3) is 46.4 Å². The highest BCUT2D eigenvalue weighted by atomic mass is 15.3. The summed E-state index contributed by atoms with van der Waals surface area (Å²) >= 11 is 0. The van der Waals surface area contributed by atoms with E-state index in [2.05, 4.69) is 15.0 Å². The van der Waals surface area contributed by atoms with Crippen LogP contribution < -0.4 is 5.84 Å². The van der Waals surface area contributed by atoms with Crippen molar-refractivity contribution in [2.75, 3.05) is 5.84 Å². The van der Waals surface area contributed by atoms with Crippen LogP contribution in [0, 0.1) is 0 Å². The van der Waals surface area contributed by atoms with Crippen LogP contribution in [-0.4, -0.2) is 19.6 Å². The molecule has 3 aromatic heterocycles. The van der Waals surface area contributed by atoms with Gasteiger partial charge >= 0.3 is 0 Å². The van der Waals surface area contributed by atoms with Crippen molar-refractivity contribution in [3.8, 4) is 0 Å². The average Bonchev–Trinajstić information content (AvgIpc) is 3.36. The number of nitrogens with two attached hydrogens (primary N) is 1. The fourth-order valence-electron chi connectivity index (χ4n) is 3.05. The third-order valence-electron chi connectivity index (χ3n) is 4.28. The molecule has 0 amide bonds. The third-order valence-corrected chi connectivity index (χ3v) is 4.28. The summed E-state index contributed by atoms with van der Waals surface area (Å²) in [5, 5.41) is 0. The lowest BCUT2D eigenvalue weighted by molar-refractivity contribution is 1.11. The zero-order valence-electron chi connectivity index (χ0n) is 13.3. The first-order chi connectivity index (χ1) is 12.2. The van der Waals surface area contributed by atoms with E-state index in [1.165, 1.54) is 0 Å². The van der Waals surface area contributed by atoms with Gasteiger partial charge in [-0.3, -0.25) is 4.68 Å². The van der Waals surface area contributed by atoms with E-state index in [0.29, 0.717) is 0 Å². The Morgan fingerprint density at radius 1 is 0.640 bits per heavy atom. The highest BCUT2D eigenvalue weighted by Crippen LogP contribution is 2.17. The number of fused-ring (bicyclic) bond motifs is 8. The van der Waals surface area contributed by atoms with E-state index in [-0.39, 0.29) is 0 Å². The largest absolute Gasteiger partial charge is 0.355 e. The van der Waals surface area contributed by atoms with Crippen LogP contribution in [-0.2, 0) is 0 Å². The van der Waals surface area contributed by atoms with Crippen molar-refractivity contribution < 1.29 is 0 Å². The van der Waals surface area contributed by atoms with Crippen LogP contribution in [0.4, 0.5) is 0 Å². The van der Waals surface area contributed by atoms with Crippen molar-refractivity contribution in [2.45, 2.75) is 0 Å². The van der Waals surface area contributed by atoms with E-state index in [9.17, 15) is 0 Å². The Bertz CT molecular complexity index is 1120. The summed E-state index contributed by atoms with van der Waals surface area (Å²) in [6, 6.07) is 16.0. The Balaban J connectivity index is 1.88. The summed E-state index contributed by atoms with van der Waals surface area (Å²) < 4.78 is 1.65. The maximum absolute atomic E-state index is 6.22. The SMILES string of the molecule is Nn1c2ccc1cc1nc(cc3ccc(cc4nc(c2)C=C4)[nH]3)C=C1. The van der Waals surface area contributed by atoms with Gasteiger partial charge in [0.2, 0.25) is 0 Å². The average molecular weight is 325 g/mol. The highest BCUT2D eigenvalue weighted by Gasteiger charge is 2.03. The van der Waals surface area contributed by atoms with Crippen LogP contribution in [0.1, 0.15) is 22.8 Å².